The molecular formula is C18H14BrNO2. The minimum atomic E-state index is -0.306. The summed E-state index contributed by atoms with van der Waals surface area (Å²) in [5.74, 6) is -0.306. The quantitative estimate of drug-likeness (QED) is 0.631. The Morgan fingerprint density at radius 3 is 2.59 bits per heavy atom. The van der Waals surface area contributed by atoms with Crippen molar-refractivity contribution in [1.82, 2.24) is 4.98 Å². The van der Waals surface area contributed by atoms with Crippen LogP contribution in [0.3, 0.4) is 0 Å². The maximum atomic E-state index is 11.7. The normalized spacial score (nSPS) is 10.6. The topological polar surface area (TPSA) is 39.2 Å². The molecule has 1 heterocycles. The van der Waals surface area contributed by atoms with E-state index in [0.29, 0.717) is 12.2 Å². The van der Waals surface area contributed by atoms with E-state index in [2.05, 4.69) is 22.0 Å². The van der Waals surface area contributed by atoms with Crippen molar-refractivity contribution in [1.29, 1.82) is 0 Å². The molecule has 3 aromatic rings. The summed E-state index contributed by atoms with van der Waals surface area (Å²) in [4.78, 5) is 16.4. The summed E-state index contributed by atoms with van der Waals surface area (Å²) in [6.07, 6.45) is 0. The van der Waals surface area contributed by atoms with Crippen molar-refractivity contribution in [3.8, 4) is 11.3 Å². The molecule has 0 aliphatic rings. The van der Waals surface area contributed by atoms with Crippen LogP contribution >= 0.6 is 15.9 Å². The van der Waals surface area contributed by atoms with Crippen LogP contribution in [0.4, 0.5) is 0 Å². The van der Waals surface area contributed by atoms with Gasteiger partial charge in [0.1, 0.15) is 0 Å². The van der Waals surface area contributed by atoms with E-state index in [4.69, 9.17) is 9.72 Å². The van der Waals surface area contributed by atoms with Crippen LogP contribution in [-0.4, -0.2) is 17.6 Å². The minimum Gasteiger partial charge on any atom is -0.462 e. The first-order chi connectivity index (χ1) is 10.7. The SMILES string of the molecule is CCOC(=O)c1ccc(-c2nc3ccccc3cc2Br)cc1. The number of carbonyl (C=O) groups is 1. The summed E-state index contributed by atoms with van der Waals surface area (Å²) in [5, 5.41) is 1.08. The number of halogens is 1. The Balaban J connectivity index is 2.00. The van der Waals surface area contributed by atoms with Crippen molar-refractivity contribution in [2.24, 2.45) is 0 Å². The van der Waals surface area contributed by atoms with Crippen molar-refractivity contribution in [3.63, 3.8) is 0 Å². The van der Waals surface area contributed by atoms with E-state index in [1.54, 1.807) is 19.1 Å². The van der Waals surface area contributed by atoms with Crippen molar-refractivity contribution >= 4 is 32.8 Å². The second-order valence-electron chi connectivity index (χ2n) is 4.81. The summed E-state index contributed by atoms with van der Waals surface area (Å²) in [6.45, 7) is 2.17. The molecule has 0 atom stereocenters. The molecule has 0 bridgehead atoms. The highest BCUT2D eigenvalue weighted by molar-refractivity contribution is 9.10. The molecular weight excluding hydrogens is 342 g/mol. The zero-order valence-corrected chi connectivity index (χ0v) is 13.6. The molecule has 2 aromatic carbocycles. The van der Waals surface area contributed by atoms with Crippen LogP contribution in [0.2, 0.25) is 0 Å². The zero-order valence-electron chi connectivity index (χ0n) is 12.0. The maximum Gasteiger partial charge on any atom is 0.338 e. The van der Waals surface area contributed by atoms with Gasteiger partial charge < -0.3 is 4.74 Å². The molecule has 0 aliphatic carbocycles. The fraction of sp³-hybridized carbons (Fsp3) is 0.111. The number of carbonyl (C=O) groups excluding carboxylic acids is 1. The number of hydrogen-bond donors (Lipinski definition) is 0. The zero-order chi connectivity index (χ0) is 15.5. The van der Waals surface area contributed by atoms with E-state index in [1.165, 1.54) is 0 Å². The van der Waals surface area contributed by atoms with Crippen LogP contribution in [0, 0.1) is 0 Å². The number of fused-ring (bicyclic) bond motifs is 1. The number of nitrogens with zero attached hydrogens (tertiary/aromatic N) is 1. The standard InChI is InChI=1S/C18H14BrNO2/c1-2-22-18(21)13-9-7-12(8-10-13)17-15(19)11-14-5-3-4-6-16(14)20-17/h3-11H,2H2,1H3. The number of pyridine rings is 1. The molecule has 22 heavy (non-hydrogen) atoms. The number of aromatic nitrogens is 1. The Bertz CT molecular complexity index is 828. The summed E-state index contributed by atoms with van der Waals surface area (Å²) in [6, 6.07) is 17.3. The highest BCUT2D eigenvalue weighted by Gasteiger charge is 2.10. The average Bonchev–Trinajstić information content (AvgIpc) is 2.54. The Hall–Kier alpha value is -2.20. The molecule has 0 saturated heterocycles. The van der Waals surface area contributed by atoms with Gasteiger partial charge in [0, 0.05) is 15.4 Å². The molecule has 110 valence electrons. The van der Waals surface area contributed by atoms with Crippen LogP contribution in [0.15, 0.2) is 59.1 Å². The van der Waals surface area contributed by atoms with Crippen LogP contribution in [-0.2, 0) is 4.74 Å². The van der Waals surface area contributed by atoms with E-state index in [1.807, 2.05) is 36.4 Å². The number of esters is 1. The van der Waals surface area contributed by atoms with Gasteiger partial charge in [0.15, 0.2) is 0 Å². The van der Waals surface area contributed by atoms with Gasteiger partial charge in [0.2, 0.25) is 0 Å². The second kappa shape index (κ2) is 6.28. The average molecular weight is 356 g/mol. The summed E-state index contributed by atoms with van der Waals surface area (Å²) in [7, 11) is 0. The lowest BCUT2D eigenvalue weighted by atomic mass is 10.1. The van der Waals surface area contributed by atoms with Crippen molar-refractivity contribution in [2.45, 2.75) is 6.92 Å². The molecule has 0 radical (unpaired) electrons. The van der Waals surface area contributed by atoms with Crippen LogP contribution in [0.5, 0.6) is 0 Å². The van der Waals surface area contributed by atoms with Crippen LogP contribution in [0.1, 0.15) is 17.3 Å². The van der Waals surface area contributed by atoms with Crippen molar-refractivity contribution in [2.75, 3.05) is 6.61 Å². The molecule has 0 spiro atoms. The first-order valence-corrected chi connectivity index (χ1v) is 7.81. The highest BCUT2D eigenvalue weighted by atomic mass is 79.9. The molecule has 0 N–H and O–H groups in total. The second-order valence-corrected chi connectivity index (χ2v) is 5.66. The fourth-order valence-electron chi connectivity index (χ4n) is 2.27. The molecule has 3 nitrogen and oxygen atoms in total. The molecule has 0 aliphatic heterocycles. The van der Waals surface area contributed by atoms with Crippen LogP contribution < -0.4 is 0 Å². The molecule has 1 aromatic heterocycles. The molecule has 0 amide bonds. The predicted octanol–water partition coefficient (Wildman–Crippen LogP) is 4.84. The first-order valence-electron chi connectivity index (χ1n) is 7.02. The van der Waals surface area contributed by atoms with Gasteiger partial charge in [-0.05, 0) is 47.1 Å². The molecule has 0 saturated carbocycles. The highest BCUT2D eigenvalue weighted by Crippen LogP contribution is 2.29. The summed E-state index contributed by atoms with van der Waals surface area (Å²) < 4.78 is 5.92. The van der Waals surface area contributed by atoms with Crippen molar-refractivity contribution in [3.05, 3.63) is 64.6 Å². The van der Waals surface area contributed by atoms with E-state index in [9.17, 15) is 4.79 Å². The Morgan fingerprint density at radius 2 is 1.86 bits per heavy atom. The third-order valence-corrected chi connectivity index (χ3v) is 3.95. The molecule has 3 rings (SSSR count). The lowest BCUT2D eigenvalue weighted by Crippen LogP contribution is -2.04. The third kappa shape index (κ3) is 2.88. The van der Waals surface area contributed by atoms with E-state index in [-0.39, 0.29) is 5.97 Å². The van der Waals surface area contributed by atoms with E-state index in [0.717, 1.165) is 26.6 Å². The lowest BCUT2D eigenvalue weighted by Gasteiger charge is -2.07. The Kier molecular flexibility index (Phi) is 4.20. The van der Waals surface area contributed by atoms with Crippen LogP contribution in [0.25, 0.3) is 22.2 Å². The van der Waals surface area contributed by atoms with Gasteiger partial charge in [-0.2, -0.15) is 0 Å². The van der Waals surface area contributed by atoms with Gasteiger partial charge in [-0.25, -0.2) is 9.78 Å². The van der Waals surface area contributed by atoms with Crippen molar-refractivity contribution < 1.29 is 9.53 Å². The number of ether oxygens (including phenoxy) is 1. The monoisotopic (exact) mass is 355 g/mol. The van der Waals surface area contributed by atoms with E-state index < -0.39 is 0 Å². The summed E-state index contributed by atoms with van der Waals surface area (Å²) >= 11 is 3.57. The largest absolute Gasteiger partial charge is 0.462 e. The smallest absolute Gasteiger partial charge is 0.338 e. The molecule has 4 heteroatoms. The number of rotatable bonds is 3. The lowest BCUT2D eigenvalue weighted by molar-refractivity contribution is 0.0526. The maximum absolute atomic E-state index is 11.7. The predicted molar refractivity (Wildman–Crippen MR) is 90.8 cm³/mol. The van der Waals surface area contributed by atoms with Gasteiger partial charge >= 0.3 is 5.97 Å². The summed E-state index contributed by atoms with van der Waals surface area (Å²) in [5.41, 5.74) is 3.29. The third-order valence-electron chi connectivity index (χ3n) is 3.35. The van der Waals surface area contributed by atoms with E-state index >= 15 is 0 Å². The number of para-hydroxylation sites is 1. The van der Waals surface area contributed by atoms with Gasteiger partial charge in [0.05, 0.1) is 23.4 Å². The van der Waals surface area contributed by atoms with Gasteiger partial charge in [-0.3, -0.25) is 0 Å². The van der Waals surface area contributed by atoms with Gasteiger partial charge in [-0.1, -0.05) is 30.3 Å². The fourth-order valence-corrected chi connectivity index (χ4v) is 2.84. The first kappa shape index (κ1) is 14.7. The van der Waals surface area contributed by atoms with Gasteiger partial charge in [0.25, 0.3) is 0 Å². The number of hydrogen-bond acceptors (Lipinski definition) is 3. The molecule has 0 fully saturated rings. The molecule has 0 unspecified atom stereocenters. The van der Waals surface area contributed by atoms with Gasteiger partial charge in [-0.15, -0.1) is 0 Å². The Labute approximate surface area is 137 Å². The number of benzene rings is 2. The minimum absolute atomic E-state index is 0.306. The Morgan fingerprint density at radius 1 is 1.14 bits per heavy atom.